The zero-order valence-corrected chi connectivity index (χ0v) is 17.4. The Bertz CT molecular complexity index is 783. The summed E-state index contributed by atoms with van der Waals surface area (Å²) in [7, 11) is 3.15. The molecule has 28 heavy (non-hydrogen) atoms. The summed E-state index contributed by atoms with van der Waals surface area (Å²) >= 11 is 0.944. The molecule has 0 spiro atoms. The van der Waals surface area contributed by atoms with Gasteiger partial charge in [-0.3, -0.25) is 14.4 Å². The summed E-state index contributed by atoms with van der Waals surface area (Å²) in [5, 5.41) is 2.63. The van der Waals surface area contributed by atoms with E-state index in [1.165, 1.54) is 11.8 Å². The molecule has 0 saturated carbocycles. The van der Waals surface area contributed by atoms with Gasteiger partial charge in [-0.05, 0) is 26.3 Å². The quantitative estimate of drug-likeness (QED) is 0.614. The van der Waals surface area contributed by atoms with Crippen LogP contribution in [0.2, 0.25) is 0 Å². The second-order valence-electron chi connectivity index (χ2n) is 6.09. The average Bonchev–Trinajstić information content (AvgIpc) is 2.93. The van der Waals surface area contributed by atoms with Crippen LogP contribution in [0.5, 0.6) is 0 Å². The number of nitrogens with one attached hydrogen (secondary N) is 1. The molecule has 10 heteroatoms. The van der Waals surface area contributed by atoms with Crippen molar-refractivity contribution in [3.05, 3.63) is 16.0 Å². The molecule has 1 aromatic rings. The third kappa shape index (κ3) is 6.45. The first-order valence-corrected chi connectivity index (χ1v) is 9.37. The Balaban J connectivity index is 2.95. The van der Waals surface area contributed by atoms with E-state index >= 15 is 0 Å². The summed E-state index contributed by atoms with van der Waals surface area (Å²) in [4.78, 5) is 60.7. The molecule has 1 rings (SSSR count). The van der Waals surface area contributed by atoms with Crippen molar-refractivity contribution < 1.29 is 33.4 Å². The number of ether oxygens (including phenoxy) is 2. The fourth-order valence-corrected chi connectivity index (χ4v) is 3.35. The molecule has 0 fully saturated rings. The van der Waals surface area contributed by atoms with Gasteiger partial charge in [0.05, 0.1) is 23.5 Å². The van der Waals surface area contributed by atoms with Gasteiger partial charge in [0.1, 0.15) is 10.8 Å². The number of nitrogens with zero attached hydrogens (tertiary/aromatic N) is 1. The van der Waals surface area contributed by atoms with Crippen LogP contribution in [0.1, 0.15) is 52.3 Å². The Morgan fingerprint density at radius 2 is 1.71 bits per heavy atom. The number of rotatable bonds is 9. The number of anilines is 1. The second-order valence-corrected chi connectivity index (χ2v) is 7.11. The van der Waals surface area contributed by atoms with E-state index in [0.717, 1.165) is 11.3 Å². The van der Waals surface area contributed by atoms with E-state index in [2.05, 4.69) is 5.32 Å². The van der Waals surface area contributed by atoms with Crippen LogP contribution in [0.15, 0.2) is 0 Å². The standard InChI is InChI=1S/C18H24N2O7S/c1-6-26-18(25)14-11(3)15(17(24)20(4)5)28-16(14)19-12(22)9-27-13(23)8-7-10(2)21/h6-9H2,1-5H3,(H,19,22). The molecule has 0 atom stereocenters. The Hall–Kier alpha value is -2.75. The summed E-state index contributed by atoms with van der Waals surface area (Å²) in [5.74, 6) is -2.49. The lowest BCUT2D eigenvalue weighted by Crippen LogP contribution is -2.22. The lowest BCUT2D eigenvalue weighted by Gasteiger charge is -2.09. The summed E-state index contributed by atoms with van der Waals surface area (Å²) in [6.07, 6.45) is -0.0795. The minimum atomic E-state index is -0.679. The largest absolute Gasteiger partial charge is 0.462 e. The SMILES string of the molecule is CCOC(=O)c1c(NC(=O)COC(=O)CCC(C)=O)sc(C(=O)N(C)C)c1C. The average molecular weight is 412 g/mol. The number of hydrogen-bond acceptors (Lipinski definition) is 8. The molecule has 1 N–H and O–H groups in total. The maximum Gasteiger partial charge on any atom is 0.341 e. The number of amides is 2. The van der Waals surface area contributed by atoms with E-state index in [1.807, 2.05) is 0 Å². The summed E-state index contributed by atoms with van der Waals surface area (Å²) in [6, 6.07) is 0. The van der Waals surface area contributed by atoms with Crippen molar-refractivity contribution in [1.29, 1.82) is 0 Å². The molecule has 0 saturated heterocycles. The predicted octanol–water partition coefficient (Wildman–Crippen LogP) is 1.79. The first-order valence-electron chi connectivity index (χ1n) is 8.55. The molecule has 154 valence electrons. The third-order valence-electron chi connectivity index (χ3n) is 3.53. The Morgan fingerprint density at radius 1 is 1.07 bits per heavy atom. The maximum atomic E-state index is 12.3. The summed E-state index contributed by atoms with van der Waals surface area (Å²) in [5.41, 5.74) is 0.490. The van der Waals surface area contributed by atoms with Gasteiger partial charge < -0.3 is 24.5 Å². The monoisotopic (exact) mass is 412 g/mol. The molecular weight excluding hydrogens is 388 g/mol. The predicted molar refractivity (Wildman–Crippen MR) is 103 cm³/mol. The van der Waals surface area contributed by atoms with Crippen LogP contribution in [0, 0.1) is 6.92 Å². The van der Waals surface area contributed by atoms with E-state index in [9.17, 15) is 24.0 Å². The van der Waals surface area contributed by atoms with Gasteiger partial charge in [-0.25, -0.2) is 4.79 Å². The minimum absolute atomic E-state index is 0.0353. The van der Waals surface area contributed by atoms with Gasteiger partial charge in [0, 0.05) is 20.5 Å². The molecular formula is C18H24N2O7S. The lowest BCUT2D eigenvalue weighted by atomic mass is 10.1. The van der Waals surface area contributed by atoms with Crippen LogP contribution in [0.25, 0.3) is 0 Å². The Labute approximate surface area is 167 Å². The highest BCUT2D eigenvalue weighted by atomic mass is 32.1. The van der Waals surface area contributed by atoms with Crippen LogP contribution in [0.4, 0.5) is 5.00 Å². The van der Waals surface area contributed by atoms with Crippen LogP contribution in [-0.2, 0) is 23.9 Å². The molecule has 0 aromatic carbocycles. The van der Waals surface area contributed by atoms with Gasteiger partial charge in [0.25, 0.3) is 11.8 Å². The van der Waals surface area contributed by atoms with E-state index < -0.39 is 24.5 Å². The number of carbonyl (C=O) groups excluding carboxylic acids is 5. The highest BCUT2D eigenvalue weighted by molar-refractivity contribution is 7.18. The smallest absolute Gasteiger partial charge is 0.341 e. The van der Waals surface area contributed by atoms with Crippen LogP contribution in [-0.4, -0.2) is 61.7 Å². The zero-order chi connectivity index (χ0) is 21.4. The Kier molecular flexibility index (Phi) is 8.77. The molecule has 0 aliphatic rings. The van der Waals surface area contributed by atoms with Gasteiger partial charge in [0.15, 0.2) is 6.61 Å². The fourth-order valence-electron chi connectivity index (χ4n) is 2.12. The van der Waals surface area contributed by atoms with Crippen molar-refractivity contribution in [3.8, 4) is 0 Å². The molecule has 1 heterocycles. The van der Waals surface area contributed by atoms with Gasteiger partial charge in [-0.2, -0.15) is 0 Å². The van der Waals surface area contributed by atoms with E-state index in [4.69, 9.17) is 9.47 Å². The van der Waals surface area contributed by atoms with Crippen LogP contribution < -0.4 is 5.32 Å². The first kappa shape index (κ1) is 23.3. The molecule has 0 radical (unpaired) electrons. The molecule has 1 aromatic heterocycles. The highest BCUT2D eigenvalue weighted by Crippen LogP contribution is 2.34. The van der Waals surface area contributed by atoms with Crippen molar-refractivity contribution in [2.75, 3.05) is 32.6 Å². The summed E-state index contributed by atoms with van der Waals surface area (Å²) < 4.78 is 9.82. The third-order valence-corrected chi connectivity index (χ3v) is 4.72. The number of esters is 2. The molecule has 0 aliphatic heterocycles. The Morgan fingerprint density at radius 3 is 2.25 bits per heavy atom. The number of carbonyl (C=O) groups is 5. The van der Waals surface area contributed by atoms with Crippen molar-refractivity contribution in [2.24, 2.45) is 0 Å². The topological polar surface area (TPSA) is 119 Å². The zero-order valence-electron chi connectivity index (χ0n) is 16.5. The van der Waals surface area contributed by atoms with E-state index in [-0.39, 0.29) is 41.7 Å². The van der Waals surface area contributed by atoms with Crippen molar-refractivity contribution >= 4 is 45.9 Å². The molecule has 2 amide bonds. The van der Waals surface area contributed by atoms with Crippen LogP contribution in [0.3, 0.4) is 0 Å². The number of thiophene rings is 1. The first-order chi connectivity index (χ1) is 13.1. The maximum absolute atomic E-state index is 12.3. The highest BCUT2D eigenvalue weighted by Gasteiger charge is 2.27. The molecule has 0 aliphatic carbocycles. The van der Waals surface area contributed by atoms with Crippen molar-refractivity contribution in [2.45, 2.75) is 33.6 Å². The lowest BCUT2D eigenvalue weighted by molar-refractivity contribution is -0.148. The molecule has 0 bridgehead atoms. The van der Waals surface area contributed by atoms with Crippen molar-refractivity contribution in [3.63, 3.8) is 0 Å². The normalized spacial score (nSPS) is 10.2. The second kappa shape index (κ2) is 10.5. The van der Waals surface area contributed by atoms with Gasteiger partial charge in [-0.15, -0.1) is 11.3 Å². The number of Topliss-reactive ketones (excluding diaryl/α,β-unsaturated/α-hetero) is 1. The van der Waals surface area contributed by atoms with E-state index in [0.29, 0.717) is 10.4 Å². The van der Waals surface area contributed by atoms with Gasteiger partial charge in [0.2, 0.25) is 0 Å². The van der Waals surface area contributed by atoms with Crippen LogP contribution >= 0.6 is 11.3 Å². The van der Waals surface area contributed by atoms with Gasteiger partial charge >= 0.3 is 11.9 Å². The van der Waals surface area contributed by atoms with E-state index in [1.54, 1.807) is 27.9 Å². The minimum Gasteiger partial charge on any atom is -0.462 e. The van der Waals surface area contributed by atoms with Crippen molar-refractivity contribution in [1.82, 2.24) is 4.90 Å². The van der Waals surface area contributed by atoms with Gasteiger partial charge in [-0.1, -0.05) is 0 Å². The summed E-state index contributed by atoms with van der Waals surface area (Å²) in [6.45, 7) is 4.14. The fraction of sp³-hybridized carbons (Fsp3) is 0.500. The number of ketones is 1. The molecule has 0 unspecified atom stereocenters. The molecule has 9 nitrogen and oxygen atoms in total. The number of hydrogen-bond donors (Lipinski definition) is 1.